The zero-order valence-corrected chi connectivity index (χ0v) is 16.3. The number of para-hydroxylation sites is 1. The van der Waals surface area contributed by atoms with Crippen molar-refractivity contribution in [3.05, 3.63) is 58.7 Å². The van der Waals surface area contributed by atoms with Crippen molar-refractivity contribution in [3.8, 4) is 0 Å². The molecule has 0 bridgehead atoms. The summed E-state index contributed by atoms with van der Waals surface area (Å²) in [6, 6.07) is 9.37. The van der Waals surface area contributed by atoms with E-state index in [9.17, 15) is 23.0 Å². The molecule has 156 valence electrons. The van der Waals surface area contributed by atoms with Gasteiger partial charge in [-0.2, -0.15) is 13.2 Å². The quantitative estimate of drug-likeness (QED) is 0.735. The number of anilines is 1. The monoisotopic (exact) mass is 415 g/mol. The Balaban J connectivity index is 1.75. The molecule has 4 nitrogen and oxygen atoms in total. The molecule has 2 N–H and O–H groups in total. The van der Waals surface area contributed by atoms with Gasteiger partial charge in [-0.25, -0.2) is 0 Å². The molecule has 1 amide bonds. The number of alkyl halides is 3. The second-order valence-electron chi connectivity index (χ2n) is 8.40. The number of amides is 1. The third-order valence-electron chi connectivity index (χ3n) is 6.87. The average Bonchev–Trinajstić information content (AvgIpc) is 3.24. The van der Waals surface area contributed by atoms with Crippen LogP contribution >= 0.6 is 0 Å². The molecule has 5 rings (SSSR count). The molecule has 8 heteroatoms. The Labute approximate surface area is 172 Å². The van der Waals surface area contributed by atoms with E-state index in [4.69, 9.17) is 4.65 Å². The van der Waals surface area contributed by atoms with Crippen LogP contribution in [0.3, 0.4) is 0 Å². The first-order valence-electron chi connectivity index (χ1n) is 10.3. The summed E-state index contributed by atoms with van der Waals surface area (Å²) < 4.78 is 46.4. The Hall–Kier alpha value is -2.32. The van der Waals surface area contributed by atoms with E-state index in [-0.39, 0.29) is 18.2 Å². The van der Waals surface area contributed by atoms with Gasteiger partial charge in [0, 0.05) is 0 Å². The van der Waals surface area contributed by atoms with Gasteiger partial charge in [-0.1, -0.05) is 49.6 Å². The standard InChI is InChI=1S/C22H21BF3NO3/c24-22(25,26)17-8-4-7-16-19(17)27-20(28)21(16,14-5-2-1-3-6-14)15-9-10-18-13(11-15)12-30-23(18)29/h4,7-11,14,29H,1-3,5-6,12H2,(H,27,28). The Morgan fingerprint density at radius 1 is 1.13 bits per heavy atom. The van der Waals surface area contributed by atoms with Crippen LogP contribution in [0.5, 0.6) is 0 Å². The number of nitrogens with one attached hydrogen (secondary N) is 1. The van der Waals surface area contributed by atoms with Crippen molar-refractivity contribution in [2.75, 3.05) is 5.32 Å². The van der Waals surface area contributed by atoms with Gasteiger partial charge in [-0.3, -0.25) is 4.79 Å². The highest BCUT2D eigenvalue weighted by atomic mass is 19.4. The van der Waals surface area contributed by atoms with Gasteiger partial charge in [-0.15, -0.1) is 0 Å². The van der Waals surface area contributed by atoms with Crippen LogP contribution in [0.4, 0.5) is 18.9 Å². The maximum absolute atomic E-state index is 13.7. The van der Waals surface area contributed by atoms with Gasteiger partial charge in [-0.05, 0) is 47.0 Å². The molecule has 2 aromatic carbocycles. The fraction of sp³-hybridized carbons (Fsp3) is 0.409. The smallest absolute Gasteiger partial charge is 0.423 e. The van der Waals surface area contributed by atoms with Crippen LogP contribution in [0.1, 0.15) is 54.4 Å². The third-order valence-corrected chi connectivity index (χ3v) is 6.87. The van der Waals surface area contributed by atoms with Gasteiger partial charge in [0.1, 0.15) is 5.41 Å². The number of fused-ring (bicyclic) bond motifs is 2. The molecule has 2 aliphatic heterocycles. The van der Waals surface area contributed by atoms with E-state index in [1.807, 2.05) is 6.07 Å². The van der Waals surface area contributed by atoms with E-state index in [1.54, 1.807) is 18.2 Å². The van der Waals surface area contributed by atoms with Crippen molar-refractivity contribution < 1.29 is 27.6 Å². The Kier molecular flexibility index (Phi) is 4.49. The number of hydrogen-bond donors (Lipinski definition) is 2. The van der Waals surface area contributed by atoms with Gasteiger partial charge in [0.05, 0.1) is 17.9 Å². The minimum absolute atomic E-state index is 0.0960. The van der Waals surface area contributed by atoms with Crippen LogP contribution in [0.15, 0.2) is 36.4 Å². The molecule has 3 aliphatic rings. The molecule has 1 saturated carbocycles. The lowest BCUT2D eigenvalue weighted by molar-refractivity contribution is -0.136. The van der Waals surface area contributed by atoms with E-state index in [0.717, 1.165) is 43.7 Å². The summed E-state index contributed by atoms with van der Waals surface area (Å²) in [6.07, 6.45) is -0.0504. The summed E-state index contributed by atoms with van der Waals surface area (Å²) in [7, 11) is -1.01. The summed E-state index contributed by atoms with van der Waals surface area (Å²) in [5, 5.41) is 12.6. The van der Waals surface area contributed by atoms with Crippen LogP contribution in [0, 0.1) is 5.92 Å². The van der Waals surface area contributed by atoms with Crippen LogP contribution < -0.4 is 10.8 Å². The van der Waals surface area contributed by atoms with Crippen molar-refractivity contribution >= 4 is 24.2 Å². The molecule has 0 saturated heterocycles. The van der Waals surface area contributed by atoms with E-state index < -0.39 is 30.2 Å². The summed E-state index contributed by atoms with van der Waals surface area (Å²) in [5.41, 5.74) is 0.349. The Morgan fingerprint density at radius 3 is 2.63 bits per heavy atom. The predicted octanol–water partition coefficient (Wildman–Crippen LogP) is 3.74. The maximum Gasteiger partial charge on any atom is 0.491 e. The highest BCUT2D eigenvalue weighted by Crippen LogP contribution is 2.54. The van der Waals surface area contributed by atoms with E-state index in [1.165, 1.54) is 6.07 Å². The molecule has 1 unspecified atom stereocenters. The third kappa shape index (κ3) is 2.73. The van der Waals surface area contributed by atoms with Gasteiger partial charge >= 0.3 is 13.3 Å². The SMILES string of the molecule is O=C1Nc2c(C(F)(F)F)cccc2C1(c1ccc2c(c1)COB2O)C1CCCCC1. The maximum atomic E-state index is 13.7. The zero-order valence-electron chi connectivity index (χ0n) is 16.3. The fourth-order valence-electron chi connectivity index (χ4n) is 5.52. The molecular formula is C22H21BF3NO3. The number of hydrogen-bond acceptors (Lipinski definition) is 3. The van der Waals surface area contributed by atoms with E-state index in [2.05, 4.69) is 5.32 Å². The van der Waals surface area contributed by atoms with Gasteiger partial charge in [0.15, 0.2) is 0 Å². The lowest BCUT2D eigenvalue weighted by Gasteiger charge is -2.39. The second kappa shape index (κ2) is 6.85. The number of carbonyl (C=O) groups is 1. The largest absolute Gasteiger partial charge is 0.491 e. The van der Waals surface area contributed by atoms with Gasteiger partial charge < -0.3 is 15.0 Å². The highest BCUT2D eigenvalue weighted by molar-refractivity contribution is 6.61. The van der Waals surface area contributed by atoms with E-state index >= 15 is 0 Å². The molecular weight excluding hydrogens is 394 g/mol. The van der Waals surface area contributed by atoms with Crippen LogP contribution in [-0.4, -0.2) is 18.0 Å². The van der Waals surface area contributed by atoms with Crippen LogP contribution in [-0.2, 0) is 27.6 Å². The minimum Gasteiger partial charge on any atom is -0.423 e. The zero-order chi connectivity index (χ0) is 21.1. The lowest BCUT2D eigenvalue weighted by atomic mass is 9.61. The highest BCUT2D eigenvalue weighted by Gasteiger charge is 2.55. The Bertz CT molecular complexity index is 1020. The first-order valence-corrected chi connectivity index (χ1v) is 10.3. The summed E-state index contributed by atoms with van der Waals surface area (Å²) >= 11 is 0. The van der Waals surface area contributed by atoms with Crippen molar-refractivity contribution in [2.24, 2.45) is 5.92 Å². The number of rotatable bonds is 2. The van der Waals surface area contributed by atoms with Crippen LogP contribution in [0.2, 0.25) is 0 Å². The van der Waals surface area contributed by atoms with E-state index in [0.29, 0.717) is 16.6 Å². The number of halogens is 3. The number of benzene rings is 2. The number of carbonyl (C=O) groups excluding carboxylic acids is 1. The average molecular weight is 415 g/mol. The summed E-state index contributed by atoms with van der Waals surface area (Å²) in [5.74, 6) is -0.498. The first kappa shape index (κ1) is 19.6. The molecule has 2 heterocycles. The second-order valence-corrected chi connectivity index (χ2v) is 8.40. The molecule has 1 fully saturated rings. The molecule has 0 aromatic heterocycles. The molecule has 0 spiro atoms. The first-order chi connectivity index (χ1) is 14.3. The molecule has 0 radical (unpaired) electrons. The molecule has 1 aliphatic carbocycles. The van der Waals surface area contributed by atoms with Crippen LogP contribution in [0.25, 0.3) is 0 Å². The van der Waals surface area contributed by atoms with Crippen molar-refractivity contribution in [2.45, 2.75) is 50.3 Å². The molecule has 30 heavy (non-hydrogen) atoms. The van der Waals surface area contributed by atoms with Crippen molar-refractivity contribution in [1.29, 1.82) is 0 Å². The van der Waals surface area contributed by atoms with Gasteiger partial charge in [0.25, 0.3) is 0 Å². The van der Waals surface area contributed by atoms with Crippen molar-refractivity contribution in [3.63, 3.8) is 0 Å². The topological polar surface area (TPSA) is 58.6 Å². The predicted molar refractivity (Wildman–Crippen MR) is 106 cm³/mol. The summed E-state index contributed by atoms with van der Waals surface area (Å²) in [4.78, 5) is 13.5. The van der Waals surface area contributed by atoms with Gasteiger partial charge in [0.2, 0.25) is 5.91 Å². The molecule has 2 aromatic rings. The molecule has 1 atom stereocenters. The lowest BCUT2D eigenvalue weighted by Crippen LogP contribution is -2.44. The fourth-order valence-corrected chi connectivity index (χ4v) is 5.52. The Morgan fingerprint density at radius 2 is 1.90 bits per heavy atom. The normalized spacial score (nSPS) is 24.0. The minimum atomic E-state index is -4.56. The summed E-state index contributed by atoms with van der Waals surface area (Å²) in [6.45, 7) is 0.210. The van der Waals surface area contributed by atoms with Crippen molar-refractivity contribution in [1.82, 2.24) is 0 Å².